The highest BCUT2D eigenvalue weighted by molar-refractivity contribution is 5.96. The van der Waals surface area contributed by atoms with Crippen molar-refractivity contribution >= 4 is 17.6 Å². The standard InChI is InChI=1S/C17H19N3O2/c1-2-18-16(21)14-9-6-10-15(11-14)20-17(22)19-12-13-7-4-3-5-8-13/h3-11H,2,12H2,1H3,(H,18,21)(H2,19,20,22). The summed E-state index contributed by atoms with van der Waals surface area (Å²) >= 11 is 0. The van der Waals surface area contributed by atoms with Crippen molar-refractivity contribution in [3.63, 3.8) is 0 Å². The third-order valence-corrected chi connectivity index (χ3v) is 3.02. The highest BCUT2D eigenvalue weighted by atomic mass is 16.2. The number of hydrogen-bond acceptors (Lipinski definition) is 2. The van der Waals surface area contributed by atoms with E-state index in [0.29, 0.717) is 24.3 Å². The Morgan fingerprint density at radius 3 is 2.45 bits per heavy atom. The Kier molecular flexibility index (Phi) is 5.54. The number of rotatable bonds is 5. The second-order valence-corrected chi connectivity index (χ2v) is 4.73. The van der Waals surface area contributed by atoms with Crippen LogP contribution < -0.4 is 16.0 Å². The zero-order chi connectivity index (χ0) is 15.8. The van der Waals surface area contributed by atoms with Crippen molar-refractivity contribution in [2.24, 2.45) is 0 Å². The Balaban J connectivity index is 1.91. The third-order valence-electron chi connectivity index (χ3n) is 3.02. The predicted molar refractivity (Wildman–Crippen MR) is 86.7 cm³/mol. The van der Waals surface area contributed by atoms with Crippen LogP contribution in [0.15, 0.2) is 54.6 Å². The summed E-state index contributed by atoms with van der Waals surface area (Å²) in [5, 5.41) is 8.21. The highest BCUT2D eigenvalue weighted by Gasteiger charge is 2.06. The molecular formula is C17H19N3O2. The second-order valence-electron chi connectivity index (χ2n) is 4.73. The lowest BCUT2D eigenvalue weighted by Gasteiger charge is -2.09. The normalized spacial score (nSPS) is 9.86. The Bertz CT molecular complexity index is 641. The number of urea groups is 1. The minimum absolute atomic E-state index is 0.157. The topological polar surface area (TPSA) is 70.2 Å². The van der Waals surface area contributed by atoms with Gasteiger partial charge >= 0.3 is 6.03 Å². The van der Waals surface area contributed by atoms with Crippen molar-refractivity contribution < 1.29 is 9.59 Å². The van der Waals surface area contributed by atoms with Crippen molar-refractivity contribution in [3.8, 4) is 0 Å². The van der Waals surface area contributed by atoms with E-state index >= 15 is 0 Å². The van der Waals surface area contributed by atoms with Crippen molar-refractivity contribution in [2.75, 3.05) is 11.9 Å². The van der Waals surface area contributed by atoms with E-state index < -0.39 is 0 Å². The largest absolute Gasteiger partial charge is 0.352 e. The van der Waals surface area contributed by atoms with E-state index in [1.807, 2.05) is 37.3 Å². The molecule has 5 nitrogen and oxygen atoms in total. The zero-order valence-electron chi connectivity index (χ0n) is 12.4. The highest BCUT2D eigenvalue weighted by Crippen LogP contribution is 2.10. The van der Waals surface area contributed by atoms with E-state index in [1.165, 1.54) is 0 Å². The van der Waals surface area contributed by atoms with Gasteiger partial charge in [0.25, 0.3) is 5.91 Å². The van der Waals surface area contributed by atoms with Gasteiger partial charge in [0.1, 0.15) is 0 Å². The van der Waals surface area contributed by atoms with E-state index in [4.69, 9.17) is 0 Å². The van der Waals surface area contributed by atoms with Crippen LogP contribution in [0.2, 0.25) is 0 Å². The molecule has 0 bridgehead atoms. The molecule has 0 aromatic heterocycles. The van der Waals surface area contributed by atoms with Crippen LogP contribution in [0.3, 0.4) is 0 Å². The van der Waals surface area contributed by atoms with Gasteiger partial charge in [0.2, 0.25) is 0 Å². The fourth-order valence-corrected chi connectivity index (χ4v) is 1.95. The lowest BCUT2D eigenvalue weighted by molar-refractivity contribution is 0.0956. The maximum atomic E-state index is 11.9. The molecule has 3 amide bonds. The Labute approximate surface area is 129 Å². The van der Waals surface area contributed by atoms with Gasteiger partial charge < -0.3 is 16.0 Å². The summed E-state index contributed by atoms with van der Waals surface area (Å²) in [7, 11) is 0. The van der Waals surface area contributed by atoms with Crippen molar-refractivity contribution in [2.45, 2.75) is 13.5 Å². The molecule has 5 heteroatoms. The van der Waals surface area contributed by atoms with Gasteiger partial charge in [-0.15, -0.1) is 0 Å². The molecule has 3 N–H and O–H groups in total. The Hall–Kier alpha value is -2.82. The second kappa shape index (κ2) is 7.83. The fraction of sp³-hybridized carbons (Fsp3) is 0.176. The predicted octanol–water partition coefficient (Wildman–Crippen LogP) is 2.76. The molecule has 0 spiro atoms. The molecule has 22 heavy (non-hydrogen) atoms. The molecule has 0 fully saturated rings. The van der Waals surface area contributed by atoms with Crippen LogP contribution in [0.1, 0.15) is 22.8 Å². The quantitative estimate of drug-likeness (QED) is 0.794. The first-order valence-corrected chi connectivity index (χ1v) is 7.16. The van der Waals surface area contributed by atoms with Gasteiger partial charge in [0.05, 0.1) is 0 Å². The number of carbonyl (C=O) groups is 2. The monoisotopic (exact) mass is 297 g/mol. The maximum absolute atomic E-state index is 11.9. The third kappa shape index (κ3) is 4.63. The van der Waals surface area contributed by atoms with Crippen molar-refractivity contribution in [1.29, 1.82) is 0 Å². The lowest BCUT2D eigenvalue weighted by atomic mass is 10.2. The molecule has 0 unspecified atom stereocenters. The average Bonchev–Trinajstić information content (AvgIpc) is 2.54. The maximum Gasteiger partial charge on any atom is 0.319 e. The molecule has 2 rings (SSSR count). The van der Waals surface area contributed by atoms with Gasteiger partial charge in [0, 0.05) is 24.3 Å². The summed E-state index contributed by atoms with van der Waals surface area (Å²) in [5.41, 5.74) is 2.12. The van der Waals surface area contributed by atoms with Crippen LogP contribution in [-0.2, 0) is 6.54 Å². The van der Waals surface area contributed by atoms with Crippen LogP contribution in [0.4, 0.5) is 10.5 Å². The van der Waals surface area contributed by atoms with Gasteiger partial charge in [-0.3, -0.25) is 4.79 Å². The van der Waals surface area contributed by atoms with Crippen LogP contribution in [0, 0.1) is 0 Å². The molecule has 0 atom stereocenters. The summed E-state index contributed by atoms with van der Waals surface area (Å²) < 4.78 is 0. The SMILES string of the molecule is CCNC(=O)c1cccc(NC(=O)NCc2ccccc2)c1. The number of amides is 3. The van der Waals surface area contributed by atoms with Crippen LogP contribution in [-0.4, -0.2) is 18.5 Å². The van der Waals surface area contributed by atoms with E-state index in [0.717, 1.165) is 5.56 Å². The number of nitrogens with one attached hydrogen (secondary N) is 3. The molecule has 0 heterocycles. The van der Waals surface area contributed by atoms with Crippen LogP contribution in [0.25, 0.3) is 0 Å². The van der Waals surface area contributed by atoms with E-state index in [-0.39, 0.29) is 11.9 Å². The summed E-state index contributed by atoms with van der Waals surface area (Å²) in [4.78, 5) is 23.6. The Morgan fingerprint density at radius 2 is 1.73 bits per heavy atom. The van der Waals surface area contributed by atoms with Crippen molar-refractivity contribution in [1.82, 2.24) is 10.6 Å². The number of hydrogen-bond donors (Lipinski definition) is 3. The van der Waals surface area contributed by atoms with Gasteiger partial charge in [-0.2, -0.15) is 0 Å². The van der Waals surface area contributed by atoms with Gasteiger partial charge in [-0.25, -0.2) is 4.79 Å². The number of anilines is 1. The molecular weight excluding hydrogens is 278 g/mol. The van der Waals surface area contributed by atoms with E-state index in [2.05, 4.69) is 16.0 Å². The lowest BCUT2D eigenvalue weighted by Crippen LogP contribution is -2.28. The van der Waals surface area contributed by atoms with E-state index in [9.17, 15) is 9.59 Å². The molecule has 0 saturated heterocycles. The fourth-order valence-electron chi connectivity index (χ4n) is 1.95. The van der Waals surface area contributed by atoms with Crippen molar-refractivity contribution in [3.05, 3.63) is 65.7 Å². The van der Waals surface area contributed by atoms with Gasteiger partial charge in [-0.1, -0.05) is 36.4 Å². The number of benzene rings is 2. The first-order chi connectivity index (χ1) is 10.7. The Morgan fingerprint density at radius 1 is 0.955 bits per heavy atom. The first kappa shape index (κ1) is 15.6. The summed E-state index contributed by atoms with van der Waals surface area (Å²) in [6.07, 6.45) is 0. The smallest absolute Gasteiger partial charge is 0.319 e. The zero-order valence-corrected chi connectivity index (χ0v) is 12.4. The molecule has 0 aliphatic heterocycles. The van der Waals surface area contributed by atoms with E-state index in [1.54, 1.807) is 24.3 Å². The molecule has 2 aromatic rings. The molecule has 0 saturated carbocycles. The molecule has 0 aliphatic carbocycles. The number of carbonyl (C=O) groups excluding carboxylic acids is 2. The van der Waals surface area contributed by atoms with Gasteiger partial charge in [-0.05, 0) is 30.7 Å². The van der Waals surface area contributed by atoms with Crippen LogP contribution in [0.5, 0.6) is 0 Å². The molecule has 2 aromatic carbocycles. The molecule has 114 valence electrons. The molecule has 0 radical (unpaired) electrons. The summed E-state index contributed by atoms with van der Waals surface area (Å²) in [5.74, 6) is -0.157. The average molecular weight is 297 g/mol. The summed E-state index contributed by atoms with van der Waals surface area (Å²) in [6, 6.07) is 16.2. The minimum atomic E-state index is -0.308. The van der Waals surface area contributed by atoms with Gasteiger partial charge in [0.15, 0.2) is 0 Å². The molecule has 0 aliphatic rings. The minimum Gasteiger partial charge on any atom is -0.352 e. The van der Waals surface area contributed by atoms with Crippen LogP contribution >= 0.6 is 0 Å². The summed E-state index contributed by atoms with van der Waals surface area (Å²) in [6.45, 7) is 2.87. The first-order valence-electron chi connectivity index (χ1n) is 7.16.